The fourth-order valence-corrected chi connectivity index (χ4v) is 2.81. The summed E-state index contributed by atoms with van der Waals surface area (Å²) in [6, 6.07) is 3.36. The first kappa shape index (κ1) is 17.9. The third-order valence-electron chi connectivity index (χ3n) is 2.68. The number of nitrogens with zero attached hydrogens (tertiary/aromatic N) is 4. The molecule has 0 saturated carbocycles. The van der Waals surface area contributed by atoms with Gasteiger partial charge in [-0.2, -0.15) is 17.7 Å². The third kappa shape index (κ3) is 4.53. The van der Waals surface area contributed by atoms with E-state index in [-0.39, 0.29) is 18.2 Å². The maximum atomic E-state index is 11.6. The number of hydrogen-bond donors (Lipinski definition) is 3. The third-order valence-corrected chi connectivity index (χ3v) is 4.80. The van der Waals surface area contributed by atoms with E-state index in [0.29, 0.717) is 22.3 Å². The van der Waals surface area contributed by atoms with Crippen LogP contribution in [0.2, 0.25) is 0 Å². The standard InChI is InChI=1S/C12H17N7O3S2/c1-19(2)24(20,21)18-10(13)5-7-3-4-9(22-7)8-6-23-12(16-8)17-11(14)15/h3-4,6H,5H2,1-2H3,(H2,13,18)(H4,14,15,16,17). The molecular weight excluding hydrogens is 354 g/mol. The van der Waals surface area contributed by atoms with Crippen molar-refractivity contribution < 1.29 is 12.8 Å². The van der Waals surface area contributed by atoms with Crippen LogP contribution in [0.3, 0.4) is 0 Å². The van der Waals surface area contributed by atoms with E-state index in [2.05, 4.69) is 14.4 Å². The Kier molecular flexibility index (Phi) is 5.21. The van der Waals surface area contributed by atoms with E-state index >= 15 is 0 Å². The van der Waals surface area contributed by atoms with Gasteiger partial charge in [-0.05, 0) is 12.1 Å². The predicted molar refractivity (Wildman–Crippen MR) is 93.2 cm³/mol. The summed E-state index contributed by atoms with van der Waals surface area (Å²) < 4.78 is 33.3. The topological polar surface area (TPSA) is 166 Å². The lowest BCUT2D eigenvalue weighted by Crippen LogP contribution is -2.24. The van der Waals surface area contributed by atoms with Gasteiger partial charge in [-0.3, -0.25) is 0 Å². The lowest BCUT2D eigenvalue weighted by atomic mass is 10.3. The van der Waals surface area contributed by atoms with Gasteiger partial charge in [0.1, 0.15) is 17.3 Å². The van der Waals surface area contributed by atoms with Crippen LogP contribution in [0.25, 0.3) is 11.5 Å². The summed E-state index contributed by atoms with van der Waals surface area (Å²) in [6.45, 7) is 0. The van der Waals surface area contributed by atoms with Crippen molar-refractivity contribution in [3.05, 3.63) is 23.3 Å². The van der Waals surface area contributed by atoms with E-state index in [0.717, 1.165) is 4.31 Å². The molecule has 0 aliphatic heterocycles. The van der Waals surface area contributed by atoms with E-state index in [1.54, 1.807) is 17.5 Å². The minimum Gasteiger partial charge on any atom is -0.459 e. The molecule has 12 heteroatoms. The molecule has 6 N–H and O–H groups in total. The summed E-state index contributed by atoms with van der Waals surface area (Å²) >= 11 is 1.26. The molecule has 0 bridgehead atoms. The molecule has 24 heavy (non-hydrogen) atoms. The molecule has 0 amide bonds. The van der Waals surface area contributed by atoms with Gasteiger partial charge < -0.3 is 21.6 Å². The number of thiazole rings is 1. The second-order valence-corrected chi connectivity index (χ2v) is 7.48. The smallest absolute Gasteiger partial charge is 0.323 e. The van der Waals surface area contributed by atoms with Gasteiger partial charge in [0.2, 0.25) is 5.13 Å². The average molecular weight is 371 g/mol. The molecule has 0 saturated heterocycles. The Morgan fingerprint density at radius 3 is 2.67 bits per heavy atom. The van der Waals surface area contributed by atoms with Crippen LogP contribution in [-0.2, 0) is 16.6 Å². The second kappa shape index (κ2) is 6.98. The lowest BCUT2D eigenvalue weighted by molar-refractivity contribution is 0.522. The fraction of sp³-hybridized carbons (Fsp3) is 0.250. The summed E-state index contributed by atoms with van der Waals surface area (Å²) in [6.07, 6.45) is 0.0535. The molecule has 0 aromatic carbocycles. The molecule has 0 aliphatic carbocycles. The highest BCUT2D eigenvalue weighted by Crippen LogP contribution is 2.28. The molecule has 0 aliphatic rings. The van der Waals surface area contributed by atoms with Gasteiger partial charge in [0.25, 0.3) is 0 Å². The summed E-state index contributed by atoms with van der Waals surface area (Å²) in [4.78, 5) is 8.05. The Bertz CT molecular complexity index is 876. The Labute approximate surface area is 142 Å². The number of hydrogen-bond acceptors (Lipinski definition) is 6. The van der Waals surface area contributed by atoms with Crippen molar-refractivity contribution in [2.45, 2.75) is 6.42 Å². The van der Waals surface area contributed by atoms with Gasteiger partial charge in [0, 0.05) is 19.5 Å². The Balaban J connectivity index is 2.15. The Morgan fingerprint density at radius 1 is 1.33 bits per heavy atom. The molecule has 0 radical (unpaired) electrons. The first-order chi connectivity index (χ1) is 11.2. The maximum absolute atomic E-state index is 11.6. The number of amidine groups is 1. The highest BCUT2D eigenvalue weighted by atomic mass is 32.2. The SMILES string of the molecule is CN(C)S(=O)(=O)/N=C(/N)Cc1ccc(-c2csc(N=C(N)N)n2)o1. The molecule has 2 aromatic rings. The number of aliphatic imine (C=N–C) groups is 1. The zero-order chi connectivity index (χ0) is 17.9. The van der Waals surface area contributed by atoms with E-state index in [4.69, 9.17) is 21.6 Å². The summed E-state index contributed by atoms with van der Waals surface area (Å²) in [5.41, 5.74) is 16.8. The highest BCUT2D eigenvalue weighted by Gasteiger charge is 2.14. The van der Waals surface area contributed by atoms with Crippen LogP contribution in [0.4, 0.5) is 5.13 Å². The number of aromatic nitrogens is 1. The molecule has 0 atom stereocenters. The largest absolute Gasteiger partial charge is 0.459 e. The summed E-state index contributed by atoms with van der Waals surface area (Å²) in [5.74, 6) is 0.782. The molecular formula is C12H17N7O3S2. The van der Waals surface area contributed by atoms with Gasteiger partial charge in [0.15, 0.2) is 11.7 Å². The van der Waals surface area contributed by atoms with Crippen molar-refractivity contribution in [2.75, 3.05) is 14.1 Å². The van der Waals surface area contributed by atoms with Crippen molar-refractivity contribution in [3.8, 4) is 11.5 Å². The van der Waals surface area contributed by atoms with Gasteiger partial charge in [-0.15, -0.1) is 15.7 Å². The number of furan rings is 1. The first-order valence-corrected chi connectivity index (χ1v) is 8.86. The summed E-state index contributed by atoms with van der Waals surface area (Å²) in [7, 11) is -1.03. The minimum atomic E-state index is -3.77. The predicted octanol–water partition coefficient (Wildman–Crippen LogP) is 0.0141. The first-order valence-electron chi connectivity index (χ1n) is 6.58. The van der Waals surface area contributed by atoms with Crippen molar-refractivity contribution in [1.82, 2.24) is 9.29 Å². The van der Waals surface area contributed by atoms with Crippen LogP contribution >= 0.6 is 11.3 Å². The van der Waals surface area contributed by atoms with E-state index < -0.39 is 10.2 Å². The average Bonchev–Trinajstić information content (AvgIpc) is 3.06. The number of rotatable bonds is 6. The van der Waals surface area contributed by atoms with Gasteiger partial charge >= 0.3 is 10.2 Å². The highest BCUT2D eigenvalue weighted by molar-refractivity contribution is 7.87. The van der Waals surface area contributed by atoms with Crippen LogP contribution in [-0.4, -0.2) is 43.6 Å². The lowest BCUT2D eigenvalue weighted by Gasteiger charge is -2.06. The van der Waals surface area contributed by atoms with Crippen molar-refractivity contribution in [1.29, 1.82) is 0 Å². The summed E-state index contributed by atoms with van der Waals surface area (Å²) in [5, 5.41) is 2.14. The molecule has 2 aromatic heterocycles. The normalized spacial score (nSPS) is 12.5. The molecule has 0 fully saturated rings. The van der Waals surface area contributed by atoms with E-state index in [9.17, 15) is 8.42 Å². The molecule has 130 valence electrons. The van der Waals surface area contributed by atoms with Crippen LogP contribution in [0, 0.1) is 0 Å². The van der Waals surface area contributed by atoms with Crippen molar-refractivity contribution >= 4 is 38.5 Å². The monoisotopic (exact) mass is 371 g/mol. The fourth-order valence-electron chi connectivity index (χ4n) is 1.59. The van der Waals surface area contributed by atoms with Crippen LogP contribution in [0.15, 0.2) is 31.3 Å². The Morgan fingerprint density at radius 2 is 2.04 bits per heavy atom. The quantitative estimate of drug-likeness (QED) is 0.475. The molecule has 0 spiro atoms. The van der Waals surface area contributed by atoms with Crippen LogP contribution in [0.1, 0.15) is 5.76 Å². The number of guanidine groups is 1. The van der Waals surface area contributed by atoms with Crippen molar-refractivity contribution in [2.24, 2.45) is 26.6 Å². The Hall–Kier alpha value is -2.44. The second-order valence-electron chi connectivity index (χ2n) is 4.84. The minimum absolute atomic E-state index is 0.0535. The molecule has 0 unspecified atom stereocenters. The van der Waals surface area contributed by atoms with Gasteiger partial charge in [0.05, 0.1) is 6.42 Å². The van der Waals surface area contributed by atoms with Gasteiger partial charge in [-0.25, -0.2) is 4.98 Å². The van der Waals surface area contributed by atoms with E-state index in [1.165, 1.54) is 25.4 Å². The molecule has 2 rings (SSSR count). The van der Waals surface area contributed by atoms with E-state index in [1.807, 2.05) is 0 Å². The van der Waals surface area contributed by atoms with Crippen LogP contribution in [0.5, 0.6) is 0 Å². The zero-order valence-electron chi connectivity index (χ0n) is 13.0. The number of nitrogens with two attached hydrogens (primary N) is 3. The van der Waals surface area contributed by atoms with Crippen LogP contribution < -0.4 is 17.2 Å². The van der Waals surface area contributed by atoms with Crippen molar-refractivity contribution in [3.63, 3.8) is 0 Å². The maximum Gasteiger partial charge on any atom is 0.323 e. The molecule has 2 heterocycles. The van der Waals surface area contributed by atoms with Gasteiger partial charge in [-0.1, -0.05) is 0 Å². The molecule has 10 nitrogen and oxygen atoms in total. The zero-order valence-corrected chi connectivity index (χ0v) is 14.6.